The number of rotatable bonds is 6. The molecule has 1 unspecified atom stereocenters. The smallest absolute Gasteiger partial charge is 0.194 e. The van der Waals surface area contributed by atoms with Gasteiger partial charge in [0.2, 0.25) is 0 Å². The van der Waals surface area contributed by atoms with E-state index in [0.717, 1.165) is 12.2 Å². The highest BCUT2D eigenvalue weighted by molar-refractivity contribution is 5.15. The van der Waals surface area contributed by atoms with Gasteiger partial charge in [-0.1, -0.05) is 13.3 Å². The summed E-state index contributed by atoms with van der Waals surface area (Å²) in [7, 11) is 3.78. The van der Waals surface area contributed by atoms with Crippen LogP contribution in [0.3, 0.4) is 0 Å². The van der Waals surface area contributed by atoms with Crippen LogP contribution in [0.25, 0.3) is 0 Å². The minimum absolute atomic E-state index is 0.422. The van der Waals surface area contributed by atoms with Crippen molar-refractivity contribution in [3.8, 4) is 0 Å². The summed E-state index contributed by atoms with van der Waals surface area (Å²) in [5.41, 5.74) is 1.31. The van der Waals surface area contributed by atoms with Crippen molar-refractivity contribution in [3.05, 3.63) is 29.8 Å². The molecule has 2 aromatic rings. The van der Waals surface area contributed by atoms with Crippen molar-refractivity contribution >= 4 is 0 Å². The number of nitrogens with zero attached hydrogens (tertiary/aromatic N) is 5. The topological polar surface area (TPSA) is 60.6 Å². The number of aromatic nitrogens is 5. The van der Waals surface area contributed by atoms with Gasteiger partial charge in [0.15, 0.2) is 5.82 Å². The largest absolute Gasteiger partial charge is 0.346 e. The lowest BCUT2D eigenvalue weighted by Gasteiger charge is -2.13. The fourth-order valence-corrected chi connectivity index (χ4v) is 2.08. The molecule has 0 aromatic carbocycles. The van der Waals surface area contributed by atoms with E-state index in [1.54, 1.807) is 7.05 Å². The van der Waals surface area contributed by atoms with Crippen LogP contribution < -0.4 is 5.32 Å². The van der Waals surface area contributed by atoms with E-state index in [2.05, 4.69) is 50.7 Å². The molecule has 0 spiro atoms. The van der Waals surface area contributed by atoms with E-state index in [1.807, 2.05) is 7.05 Å². The van der Waals surface area contributed by atoms with Crippen LogP contribution >= 0.6 is 0 Å². The Morgan fingerprint density at radius 2 is 2.28 bits per heavy atom. The predicted octanol–water partition coefficient (Wildman–Crippen LogP) is 1.12. The minimum Gasteiger partial charge on any atom is -0.346 e. The molecule has 6 nitrogen and oxygen atoms in total. The first-order valence-corrected chi connectivity index (χ1v) is 6.28. The fraction of sp³-hybridized carbons (Fsp3) is 0.583. The molecule has 6 heteroatoms. The van der Waals surface area contributed by atoms with Gasteiger partial charge in [-0.15, -0.1) is 10.2 Å². The predicted molar refractivity (Wildman–Crippen MR) is 69.0 cm³/mol. The maximum Gasteiger partial charge on any atom is 0.194 e. The van der Waals surface area contributed by atoms with Gasteiger partial charge in [0.05, 0.1) is 13.6 Å². The van der Waals surface area contributed by atoms with E-state index in [4.69, 9.17) is 0 Å². The molecule has 0 aliphatic rings. The Morgan fingerprint density at radius 3 is 2.89 bits per heavy atom. The Balaban J connectivity index is 2.05. The molecule has 1 atom stereocenters. The van der Waals surface area contributed by atoms with E-state index in [-0.39, 0.29) is 0 Å². The third-order valence-electron chi connectivity index (χ3n) is 2.98. The third kappa shape index (κ3) is 2.95. The van der Waals surface area contributed by atoms with Gasteiger partial charge in [-0.2, -0.15) is 4.80 Å². The highest BCUT2D eigenvalue weighted by Gasteiger charge is 2.10. The second kappa shape index (κ2) is 5.77. The summed E-state index contributed by atoms with van der Waals surface area (Å²) in [4.78, 5) is 1.48. The maximum absolute atomic E-state index is 4.17. The van der Waals surface area contributed by atoms with E-state index in [9.17, 15) is 0 Å². The van der Waals surface area contributed by atoms with Gasteiger partial charge in [-0.05, 0) is 30.3 Å². The molecule has 0 saturated carbocycles. The van der Waals surface area contributed by atoms with Crippen molar-refractivity contribution in [1.29, 1.82) is 0 Å². The number of tetrazole rings is 1. The Morgan fingerprint density at radius 1 is 1.44 bits per heavy atom. The van der Waals surface area contributed by atoms with Gasteiger partial charge >= 0.3 is 0 Å². The Kier molecular flexibility index (Phi) is 4.09. The fourth-order valence-electron chi connectivity index (χ4n) is 2.08. The zero-order valence-corrected chi connectivity index (χ0v) is 11.2. The molecule has 18 heavy (non-hydrogen) atoms. The summed E-state index contributed by atoms with van der Waals surface area (Å²) in [6.07, 6.45) is 6.52. The second-order valence-electron chi connectivity index (χ2n) is 4.44. The van der Waals surface area contributed by atoms with Crippen LogP contribution in [0.5, 0.6) is 0 Å². The van der Waals surface area contributed by atoms with Gasteiger partial charge < -0.3 is 9.88 Å². The van der Waals surface area contributed by atoms with Gasteiger partial charge in [0.25, 0.3) is 0 Å². The van der Waals surface area contributed by atoms with Crippen LogP contribution in [-0.2, 0) is 13.6 Å². The Labute approximate surface area is 107 Å². The van der Waals surface area contributed by atoms with Crippen LogP contribution in [0.2, 0.25) is 0 Å². The summed E-state index contributed by atoms with van der Waals surface area (Å²) >= 11 is 0. The van der Waals surface area contributed by atoms with Crippen LogP contribution in [0.15, 0.2) is 18.5 Å². The van der Waals surface area contributed by atoms with E-state index >= 15 is 0 Å². The molecule has 98 valence electrons. The van der Waals surface area contributed by atoms with Gasteiger partial charge in [-0.3, -0.25) is 0 Å². The number of hydrogen-bond acceptors (Lipinski definition) is 4. The summed E-state index contributed by atoms with van der Waals surface area (Å²) < 4.78 is 2.09. The molecule has 0 saturated heterocycles. The number of nitrogens with one attached hydrogen (secondary N) is 1. The Hall–Kier alpha value is -1.69. The molecule has 2 aromatic heterocycles. The highest BCUT2D eigenvalue weighted by Crippen LogP contribution is 2.18. The number of hydrogen-bond donors (Lipinski definition) is 1. The first kappa shape index (κ1) is 12.8. The van der Waals surface area contributed by atoms with E-state index in [1.165, 1.54) is 16.8 Å². The summed E-state index contributed by atoms with van der Waals surface area (Å²) in [6, 6.07) is 2.57. The van der Waals surface area contributed by atoms with Crippen molar-refractivity contribution in [3.63, 3.8) is 0 Å². The van der Waals surface area contributed by atoms with Gasteiger partial charge in [-0.25, -0.2) is 0 Å². The van der Waals surface area contributed by atoms with Crippen LogP contribution in [0.1, 0.15) is 37.2 Å². The summed E-state index contributed by atoms with van der Waals surface area (Å²) in [5.74, 6) is 0.733. The molecule has 0 amide bonds. The van der Waals surface area contributed by atoms with Crippen molar-refractivity contribution in [2.24, 2.45) is 7.05 Å². The quantitative estimate of drug-likeness (QED) is 0.832. The average Bonchev–Trinajstić information content (AvgIpc) is 2.96. The summed E-state index contributed by atoms with van der Waals surface area (Å²) in [5, 5.41) is 15.3. The maximum atomic E-state index is 4.17. The molecular formula is C12H20N6. The van der Waals surface area contributed by atoms with Crippen molar-refractivity contribution in [2.45, 2.75) is 32.4 Å². The van der Waals surface area contributed by atoms with Gasteiger partial charge in [0.1, 0.15) is 0 Å². The van der Waals surface area contributed by atoms with Crippen molar-refractivity contribution in [2.75, 3.05) is 7.05 Å². The third-order valence-corrected chi connectivity index (χ3v) is 2.98. The first-order chi connectivity index (χ1) is 8.72. The lowest BCUT2D eigenvalue weighted by atomic mass is 10.1. The van der Waals surface area contributed by atoms with Crippen molar-refractivity contribution in [1.82, 2.24) is 30.1 Å². The standard InChI is InChI=1S/C12H20N6/c1-4-5-11(13-2)10-6-7-18(8-10)9-12-14-16-17(3)15-12/h6-8,11,13H,4-5,9H2,1-3H3. The second-order valence-corrected chi connectivity index (χ2v) is 4.44. The molecule has 1 N–H and O–H groups in total. The molecule has 2 heterocycles. The summed E-state index contributed by atoms with van der Waals surface area (Å²) in [6.45, 7) is 2.86. The molecule has 2 rings (SSSR count). The van der Waals surface area contributed by atoms with Crippen LogP contribution in [0, 0.1) is 0 Å². The molecule has 0 fully saturated rings. The monoisotopic (exact) mass is 248 g/mol. The minimum atomic E-state index is 0.422. The highest BCUT2D eigenvalue weighted by atomic mass is 15.6. The lowest BCUT2D eigenvalue weighted by Crippen LogP contribution is -2.15. The molecule has 0 radical (unpaired) electrons. The number of aryl methyl sites for hydroxylation is 1. The van der Waals surface area contributed by atoms with Crippen LogP contribution in [-0.4, -0.2) is 31.8 Å². The van der Waals surface area contributed by atoms with E-state index in [0.29, 0.717) is 12.6 Å². The zero-order chi connectivity index (χ0) is 13.0. The van der Waals surface area contributed by atoms with E-state index < -0.39 is 0 Å². The van der Waals surface area contributed by atoms with Crippen molar-refractivity contribution < 1.29 is 0 Å². The molecule has 0 bridgehead atoms. The average molecular weight is 248 g/mol. The Bertz CT molecular complexity index is 486. The molecule has 0 aliphatic heterocycles. The zero-order valence-electron chi connectivity index (χ0n) is 11.2. The molecule has 0 aliphatic carbocycles. The first-order valence-electron chi connectivity index (χ1n) is 6.28. The van der Waals surface area contributed by atoms with Gasteiger partial charge in [0, 0.05) is 18.4 Å². The van der Waals surface area contributed by atoms with Crippen LogP contribution in [0.4, 0.5) is 0 Å². The SMILES string of the molecule is CCCC(NC)c1ccn(Cc2nnn(C)n2)c1. The molecular weight excluding hydrogens is 228 g/mol. The lowest BCUT2D eigenvalue weighted by molar-refractivity contribution is 0.540. The normalized spacial score (nSPS) is 12.8.